The molecule has 5 nitrogen and oxygen atoms in total. The second-order valence-electron chi connectivity index (χ2n) is 8.94. The van der Waals surface area contributed by atoms with Gasteiger partial charge in [0.15, 0.2) is 0 Å². The Bertz CT molecular complexity index is 1190. The van der Waals surface area contributed by atoms with E-state index >= 15 is 0 Å². The summed E-state index contributed by atoms with van der Waals surface area (Å²) < 4.78 is 0. The van der Waals surface area contributed by atoms with Gasteiger partial charge in [-0.1, -0.05) is 35.9 Å². The lowest BCUT2D eigenvalue weighted by molar-refractivity contribution is -0.117. The van der Waals surface area contributed by atoms with Gasteiger partial charge in [-0.2, -0.15) is 0 Å². The van der Waals surface area contributed by atoms with Gasteiger partial charge in [0.1, 0.15) is 0 Å². The number of carbonyl (C=O) groups is 2. The molecule has 5 heteroatoms. The van der Waals surface area contributed by atoms with Crippen molar-refractivity contribution < 1.29 is 9.59 Å². The van der Waals surface area contributed by atoms with Gasteiger partial charge in [-0.05, 0) is 73.4 Å². The number of rotatable bonds is 4. The molecule has 0 fully saturated rings. The number of hydrogen-bond donors (Lipinski definition) is 1. The smallest absolute Gasteiger partial charge is 0.224 e. The SMILES string of the molecule is CC(=O)N(C)c1cccc(-c2ccc3c(c2)[C@H](Nc2ccc(C)cc2)C[C@H](C)N3C(C)=O)c1. The van der Waals surface area contributed by atoms with E-state index < -0.39 is 0 Å². The van der Waals surface area contributed by atoms with Crippen LogP contribution in [0.25, 0.3) is 11.1 Å². The zero-order valence-electron chi connectivity index (χ0n) is 19.9. The van der Waals surface area contributed by atoms with E-state index in [0.717, 1.165) is 40.2 Å². The van der Waals surface area contributed by atoms with Crippen molar-refractivity contribution in [1.29, 1.82) is 0 Å². The minimum atomic E-state index is -0.00830. The third-order valence-electron chi connectivity index (χ3n) is 6.45. The summed E-state index contributed by atoms with van der Waals surface area (Å²) in [5, 5.41) is 3.69. The first-order chi connectivity index (χ1) is 15.7. The summed E-state index contributed by atoms with van der Waals surface area (Å²) in [7, 11) is 1.78. The molecule has 0 bridgehead atoms. The largest absolute Gasteiger partial charge is 0.378 e. The Hall–Kier alpha value is -3.60. The van der Waals surface area contributed by atoms with E-state index in [-0.39, 0.29) is 23.9 Å². The highest BCUT2D eigenvalue weighted by Crippen LogP contribution is 2.41. The highest BCUT2D eigenvalue weighted by Gasteiger charge is 2.32. The van der Waals surface area contributed by atoms with E-state index in [2.05, 4.69) is 61.6 Å². The minimum absolute atomic E-state index is 0.00830. The highest BCUT2D eigenvalue weighted by molar-refractivity contribution is 5.95. The van der Waals surface area contributed by atoms with Crippen LogP contribution in [0, 0.1) is 6.92 Å². The van der Waals surface area contributed by atoms with Crippen LogP contribution in [0.2, 0.25) is 0 Å². The molecule has 1 aliphatic rings. The third kappa shape index (κ3) is 4.63. The second-order valence-corrected chi connectivity index (χ2v) is 8.94. The molecule has 0 unspecified atom stereocenters. The quantitative estimate of drug-likeness (QED) is 0.545. The third-order valence-corrected chi connectivity index (χ3v) is 6.45. The van der Waals surface area contributed by atoms with Gasteiger partial charge in [0.05, 0.1) is 6.04 Å². The molecule has 1 aliphatic heterocycles. The summed E-state index contributed by atoms with van der Waals surface area (Å²) in [6.45, 7) is 7.37. The van der Waals surface area contributed by atoms with Gasteiger partial charge in [-0.15, -0.1) is 0 Å². The highest BCUT2D eigenvalue weighted by atomic mass is 16.2. The first-order valence-electron chi connectivity index (χ1n) is 11.4. The molecule has 2 amide bonds. The first-order valence-corrected chi connectivity index (χ1v) is 11.4. The molecule has 0 saturated carbocycles. The van der Waals surface area contributed by atoms with Crippen LogP contribution in [0.4, 0.5) is 17.1 Å². The maximum Gasteiger partial charge on any atom is 0.224 e. The number of benzene rings is 3. The van der Waals surface area contributed by atoms with E-state index in [9.17, 15) is 9.59 Å². The Labute approximate surface area is 196 Å². The molecule has 2 atom stereocenters. The van der Waals surface area contributed by atoms with Crippen molar-refractivity contribution in [3.63, 3.8) is 0 Å². The lowest BCUT2D eigenvalue weighted by atomic mass is 9.88. The summed E-state index contributed by atoms with van der Waals surface area (Å²) in [6.07, 6.45) is 0.816. The summed E-state index contributed by atoms with van der Waals surface area (Å²) in [5.74, 6) is 0.0430. The number of anilines is 3. The van der Waals surface area contributed by atoms with Gasteiger partial charge in [0.25, 0.3) is 0 Å². The summed E-state index contributed by atoms with van der Waals surface area (Å²) in [5.41, 5.74) is 7.28. The molecule has 0 aromatic heterocycles. The molecule has 4 rings (SSSR count). The van der Waals surface area contributed by atoms with Crippen molar-refractivity contribution in [2.75, 3.05) is 22.2 Å². The van der Waals surface area contributed by atoms with Crippen molar-refractivity contribution in [2.45, 2.75) is 46.2 Å². The normalized spacial score (nSPS) is 17.3. The van der Waals surface area contributed by atoms with Crippen molar-refractivity contribution >= 4 is 28.9 Å². The predicted molar refractivity (Wildman–Crippen MR) is 136 cm³/mol. The monoisotopic (exact) mass is 441 g/mol. The van der Waals surface area contributed by atoms with Crippen molar-refractivity contribution in [3.8, 4) is 11.1 Å². The minimum Gasteiger partial charge on any atom is -0.378 e. The first kappa shape index (κ1) is 22.6. The number of carbonyl (C=O) groups excluding carboxylic acids is 2. The van der Waals surface area contributed by atoms with E-state index in [4.69, 9.17) is 0 Å². The number of hydrogen-bond acceptors (Lipinski definition) is 3. The Morgan fingerprint density at radius 1 is 0.970 bits per heavy atom. The van der Waals surface area contributed by atoms with Crippen LogP contribution in [0.15, 0.2) is 66.7 Å². The van der Waals surface area contributed by atoms with Gasteiger partial charge < -0.3 is 15.1 Å². The average Bonchev–Trinajstić information content (AvgIpc) is 2.79. The average molecular weight is 442 g/mol. The van der Waals surface area contributed by atoms with Crippen LogP contribution in [-0.2, 0) is 9.59 Å². The lowest BCUT2D eigenvalue weighted by Crippen LogP contribution is -2.43. The summed E-state index contributed by atoms with van der Waals surface area (Å²) in [6, 6.07) is 22.8. The number of nitrogens with zero attached hydrogens (tertiary/aromatic N) is 2. The molecular weight excluding hydrogens is 410 g/mol. The topological polar surface area (TPSA) is 52.7 Å². The molecule has 0 spiro atoms. The Morgan fingerprint density at radius 2 is 1.67 bits per heavy atom. The number of nitrogens with one attached hydrogen (secondary N) is 1. The number of aryl methyl sites for hydroxylation is 1. The molecule has 3 aromatic carbocycles. The fraction of sp³-hybridized carbons (Fsp3) is 0.286. The van der Waals surface area contributed by atoms with E-state index in [1.165, 1.54) is 5.56 Å². The van der Waals surface area contributed by atoms with Crippen LogP contribution >= 0.6 is 0 Å². The van der Waals surface area contributed by atoms with Gasteiger partial charge >= 0.3 is 0 Å². The van der Waals surface area contributed by atoms with Crippen LogP contribution in [0.3, 0.4) is 0 Å². The zero-order chi connectivity index (χ0) is 23.7. The van der Waals surface area contributed by atoms with Gasteiger partial charge in [0.2, 0.25) is 11.8 Å². The molecule has 0 saturated heterocycles. The van der Waals surface area contributed by atoms with Crippen LogP contribution in [0.5, 0.6) is 0 Å². The fourth-order valence-electron chi connectivity index (χ4n) is 4.59. The molecule has 0 aliphatic carbocycles. The molecule has 1 N–H and O–H groups in total. The Morgan fingerprint density at radius 3 is 2.33 bits per heavy atom. The van der Waals surface area contributed by atoms with Crippen molar-refractivity contribution in [1.82, 2.24) is 0 Å². The molecule has 33 heavy (non-hydrogen) atoms. The summed E-state index contributed by atoms with van der Waals surface area (Å²) >= 11 is 0. The standard InChI is InChI=1S/C28H31N3O2/c1-18-9-12-24(13-10-18)29-27-15-19(2)31(21(4)33)28-14-11-23(17-26(27)28)22-7-6-8-25(16-22)30(5)20(3)32/h6-14,16-17,19,27,29H,15H2,1-5H3/t19-,27+/m0/s1. The fourth-order valence-corrected chi connectivity index (χ4v) is 4.59. The van der Waals surface area contributed by atoms with Gasteiger partial charge in [0, 0.05) is 44.0 Å². The van der Waals surface area contributed by atoms with E-state index in [0.29, 0.717) is 0 Å². The summed E-state index contributed by atoms with van der Waals surface area (Å²) in [4.78, 5) is 27.8. The van der Waals surface area contributed by atoms with Crippen LogP contribution in [0.1, 0.15) is 44.4 Å². The maximum absolute atomic E-state index is 12.5. The van der Waals surface area contributed by atoms with Crippen molar-refractivity contribution in [3.05, 3.63) is 77.9 Å². The zero-order valence-corrected chi connectivity index (χ0v) is 19.9. The molecule has 0 radical (unpaired) electrons. The van der Waals surface area contributed by atoms with Crippen LogP contribution < -0.4 is 15.1 Å². The van der Waals surface area contributed by atoms with E-state index in [1.807, 2.05) is 29.2 Å². The molecular formula is C28H31N3O2. The van der Waals surface area contributed by atoms with E-state index in [1.54, 1.807) is 25.8 Å². The maximum atomic E-state index is 12.5. The Kier molecular flexibility index (Phi) is 6.23. The number of fused-ring (bicyclic) bond motifs is 1. The predicted octanol–water partition coefficient (Wildman–Crippen LogP) is 5.94. The number of amides is 2. The van der Waals surface area contributed by atoms with Crippen molar-refractivity contribution in [2.24, 2.45) is 0 Å². The Balaban J connectivity index is 1.76. The molecule has 3 aromatic rings. The van der Waals surface area contributed by atoms with Crippen LogP contribution in [-0.4, -0.2) is 24.9 Å². The lowest BCUT2D eigenvalue weighted by Gasteiger charge is -2.39. The van der Waals surface area contributed by atoms with Gasteiger partial charge in [-0.25, -0.2) is 0 Å². The molecule has 170 valence electrons. The molecule has 1 heterocycles. The second kappa shape index (κ2) is 9.10. The van der Waals surface area contributed by atoms with Gasteiger partial charge in [-0.3, -0.25) is 9.59 Å².